The minimum atomic E-state index is -0.515. The molecule has 0 aromatic carbocycles. The topological polar surface area (TPSA) is 77.2 Å². The summed E-state index contributed by atoms with van der Waals surface area (Å²) in [5.41, 5.74) is 8.39. The summed E-state index contributed by atoms with van der Waals surface area (Å²) in [5.74, 6) is 1.76. The molecule has 184 valence electrons. The molecule has 4 N–H and O–H groups in total. The van der Waals surface area contributed by atoms with E-state index in [1.807, 2.05) is 19.2 Å². The minimum Gasteiger partial charge on any atom is -0.359 e. The van der Waals surface area contributed by atoms with Crippen molar-refractivity contribution in [1.29, 1.82) is 0 Å². The highest BCUT2D eigenvalue weighted by Gasteiger charge is 2.18. The molecule has 6 heteroatoms. The van der Waals surface area contributed by atoms with Gasteiger partial charge in [-0.15, -0.1) is 0 Å². The maximum absolute atomic E-state index is 12.1. The fourth-order valence-electron chi connectivity index (χ4n) is 3.22. The van der Waals surface area contributed by atoms with Crippen molar-refractivity contribution in [2.45, 2.75) is 79.7 Å². The molecule has 1 unspecified atom stereocenters. The van der Waals surface area contributed by atoms with Crippen LogP contribution in [0.2, 0.25) is 0 Å². The van der Waals surface area contributed by atoms with Gasteiger partial charge in [-0.25, -0.2) is 5.48 Å². The van der Waals surface area contributed by atoms with Crippen molar-refractivity contribution in [3.05, 3.63) is 64.4 Å². The lowest BCUT2D eigenvalue weighted by Crippen LogP contribution is -2.40. The maximum atomic E-state index is 12.1. The molecule has 1 aromatic heterocycles. The molecule has 5 nitrogen and oxygen atoms in total. The minimum absolute atomic E-state index is 0.432. The third-order valence-electron chi connectivity index (χ3n) is 5.30. The quantitative estimate of drug-likeness (QED) is 0.0948. The van der Waals surface area contributed by atoms with Gasteiger partial charge in [0.25, 0.3) is 5.91 Å². The molecule has 1 atom stereocenters. The third kappa shape index (κ3) is 13.2. The van der Waals surface area contributed by atoms with E-state index in [2.05, 4.69) is 69.2 Å². The van der Waals surface area contributed by atoms with Crippen LogP contribution >= 0.6 is 11.8 Å². The van der Waals surface area contributed by atoms with E-state index < -0.39 is 11.9 Å². The number of hydrogen-bond donors (Lipinski definition) is 4. The highest BCUT2D eigenvalue weighted by Crippen LogP contribution is 2.18. The summed E-state index contributed by atoms with van der Waals surface area (Å²) in [5, 5.41) is 12.3. The lowest BCUT2D eigenvalue weighted by atomic mass is 10.0. The van der Waals surface area contributed by atoms with Crippen molar-refractivity contribution >= 4 is 23.5 Å². The van der Waals surface area contributed by atoms with Crippen LogP contribution in [0.25, 0.3) is 0 Å². The van der Waals surface area contributed by atoms with Crippen LogP contribution < -0.4 is 10.8 Å². The molecule has 0 saturated carbocycles. The second-order valence-corrected chi connectivity index (χ2v) is 10.1. The van der Waals surface area contributed by atoms with Gasteiger partial charge >= 0.3 is 0 Å². The van der Waals surface area contributed by atoms with Gasteiger partial charge in [0.05, 0.1) is 0 Å². The summed E-state index contributed by atoms with van der Waals surface area (Å²) in [6.45, 7) is 12.7. The molecule has 0 aliphatic heterocycles. The summed E-state index contributed by atoms with van der Waals surface area (Å²) in [4.78, 5) is 15.2. The molecule has 0 aliphatic carbocycles. The van der Waals surface area contributed by atoms with Crippen molar-refractivity contribution < 1.29 is 10.0 Å². The largest absolute Gasteiger partial charge is 0.359 e. The molecule has 0 fully saturated rings. The Labute approximate surface area is 204 Å². The second-order valence-electron chi connectivity index (χ2n) is 9.00. The Kier molecular flexibility index (Phi) is 14.4. The van der Waals surface area contributed by atoms with Crippen LogP contribution in [0.1, 0.15) is 72.3 Å². The summed E-state index contributed by atoms with van der Waals surface area (Å²) in [7, 11) is 0. The number of aromatic nitrogens is 1. The number of carbonyl (C=O) groups excluding carboxylic acids is 1. The zero-order valence-electron chi connectivity index (χ0n) is 21.3. The summed E-state index contributed by atoms with van der Waals surface area (Å²) >= 11 is 1.68. The first kappa shape index (κ1) is 28.9. The fraction of sp³-hybridized carbons (Fsp3) is 0.519. The smallest absolute Gasteiger partial charge is 0.266 e. The summed E-state index contributed by atoms with van der Waals surface area (Å²) < 4.78 is 0. The van der Waals surface area contributed by atoms with Gasteiger partial charge in [-0.05, 0) is 85.3 Å². The number of amides is 1. The standard InChI is InChI=1S/C27H43N3O2S/c1-20(2)9-7-10-22(5)11-8-12-24(14-13-21(3)4)16-18-33-19-25(27(31)30-32)29-26-23(6)15-17-28-26/h9,11,13,15-17,25,28-29,32H,7-8,10,12,14,18-19H2,1-6H3,(H,30,31). The maximum Gasteiger partial charge on any atom is 0.266 e. The zero-order chi connectivity index (χ0) is 24.6. The first-order chi connectivity index (χ1) is 15.7. The number of anilines is 1. The Balaban J connectivity index is 2.63. The van der Waals surface area contributed by atoms with Gasteiger partial charge < -0.3 is 10.3 Å². The van der Waals surface area contributed by atoms with E-state index in [1.54, 1.807) is 17.2 Å². The predicted molar refractivity (Wildman–Crippen MR) is 144 cm³/mol. The second kappa shape index (κ2) is 16.4. The molecule has 0 bridgehead atoms. The van der Waals surface area contributed by atoms with Crippen LogP contribution in [-0.2, 0) is 4.79 Å². The zero-order valence-corrected chi connectivity index (χ0v) is 22.1. The number of aromatic amines is 1. The van der Waals surface area contributed by atoms with E-state index in [9.17, 15) is 4.79 Å². The lowest BCUT2D eigenvalue weighted by molar-refractivity contribution is -0.129. The van der Waals surface area contributed by atoms with Gasteiger partial charge in [0.15, 0.2) is 0 Å². The molecule has 0 aliphatic rings. The van der Waals surface area contributed by atoms with Crippen molar-refractivity contribution in [2.24, 2.45) is 0 Å². The Bertz CT molecular complexity index is 841. The SMILES string of the molecule is CC(C)=CCCC(C)=CCCC(=CCSCC(Nc1[nH]ccc1C)C(=O)NO)CC=C(C)C. The highest BCUT2D eigenvalue weighted by molar-refractivity contribution is 7.99. The van der Waals surface area contributed by atoms with Crippen molar-refractivity contribution in [2.75, 3.05) is 16.8 Å². The van der Waals surface area contributed by atoms with E-state index in [0.29, 0.717) is 5.75 Å². The van der Waals surface area contributed by atoms with E-state index >= 15 is 0 Å². The van der Waals surface area contributed by atoms with Crippen LogP contribution in [0.3, 0.4) is 0 Å². The Morgan fingerprint density at radius 1 is 1.06 bits per heavy atom. The predicted octanol–water partition coefficient (Wildman–Crippen LogP) is 7.10. The molecule has 1 rings (SSSR count). The van der Waals surface area contributed by atoms with Gasteiger partial charge in [-0.2, -0.15) is 11.8 Å². The summed E-state index contributed by atoms with van der Waals surface area (Å²) in [6, 6.07) is 1.43. The van der Waals surface area contributed by atoms with E-state index in [4.69, 9.17) is 5.21 Å². The molecule has 33 heavy (non-hydrogen) atoms. The number of thioether (sulfide) groups is 1. The number of hydrogen-bond acceptors (Lipinski definition) is 4. The number of aryl methyl sites for hydroxylation is 1. The lowest BCUT2D eigenvalue weighted by Gasteiger charge is -2.17. The van der Waals surface area contributed by atoms with Gasteiger partial charge in [-0.3, -0.25) is 10.0 Å². The van der Waals surface area contributed by atoms with Crippen LogP contribution in [0, 0.1) is 6.92 Å². The monoisotopic (exact) mass is 473 g/mol. The molecular formula is C27H43N3O2S. The summed E-state index contributed by atoms with van der Waals surface area (Å²) in [6.07, 6.45) is 16.4. The van der Waals surface area contributed by atoms with Gasteiger partial charge in [0.1, 0.15) is 11.9 Å². The molecule has 1 amide bonds. The molecule has 1 aromatic rings. The van der Waals surface area contributed by atoms with Crippen LogP contribution in [0.15, 0.2) is 58.9 Å². The van der Waals surface area contributed by atoms with Crippen LogP contribution in [0.4, 0.5) is 5.82 Å². The van der Waals surface area contributed by atoms with E-state index in [0.717, 1.165) is 49.2 Å². The Morgan fingerprint density at radius 2 is 1.76 bits per heavy atom. The van der Waals surface area contributed by atoms with Crippen LogP contribution in [-0.4, -0.2) is 33.6 Å². The molecule has 0 saturated heterocycles. The number of nitrogens with one attached hydrogen (secondary N) is 3. The molecular weight excluding hydrogens is 430 g/mol. The van der Waals surface area contributed by atoms with E-state index in [1.165, 1.54) is 22.3 Å². The van der Waals surface area contributed by atoms with Crippen molar-refractivity contribution in [3.63, 3.8) is 0 Å². The average molecular weight is 474 g/mol. The Morgan fingerprint density at radius 3 is 2.36 bits per heavy atom. The van der Waals surface area contributed by atoms with Gasteiger partial charge in [0.2, 0.25) is 0 Å². The number of carbonyl (C=O) groups is 1. The van der Waals surface area contributed by atoms with Crippen molar-refractivity contribution in [1.82, 2.24) is 10.5 Å². The van der Waals surface area contributed by atoms with Crippen molar-refractivity contribution in [3.8, 4) is 0 Å². The third-order valence-corrected chi connectivity index (χ3v) is 6.27. The number of hydroxylamine groups is 1. The molecule has 0 spiro atoms. The van der Waals surface area contributed by atoms with Gasteiger partial charge in [-0.1, -0.05) is 46.6 Å². The van der Waals surface area contributed by atoms with Gasteiger partial charge in [0, 0.05) is 17.7 Å². The first-order valence-electron chi connectivity index (χ1n) is 11.7. The number of allylic oxidation sites excluding steroid dienone is 7. The average Bonchev–Trinajstić information content (AvgIpc) is 3.16. The normalized spacial score (nSPS) is 12.8. The number of H-pyrrole nitrogens is 1. The fourth-order valence-corrected chi connectivity index (χ4v) is 4.18. The van der Waals surface area contributed by atoms with Crippen LogP contribution in [0.5, 0.6) is 0 Å². The van der Waals surface area contributed by atoms with E-state index in [-0.39, 0.29) is 0 Å². The Hall–Kier alpha value is -2.18. The first-order valence-corrected chi connectivity index (χ1v) is 12.9. The molecule has 0 radical (unpaired) electrons. The molecule has 1 heterocycles. The number of rotatable bonds is 15. The highest BCUT2D eigenvalue weighted by atomic mass is 32.2.